The first-order chi connectivity index (χ1) is 14.9. The summed E-state index contributed by atoms with van der Waals surface area (Å²) >= 11 is 0. The minimum absolute atomic E-state index is 0.0763. The normalized spacial score (nSPS) is 30.8. The third kappa shape index (κ3) is 3.34. The zero-order valence-corrected chi connectivity index (χ0v) is 17.9. The lowest BCUT2D eigenvalue weighted by atomic mass is 9.52. The molecule has 6 rings (SSSR count). The van der Waals surface area contributed by atoms with Crippen LogP contribution in [0.2, 0.25) is 0 Å². The molecule has 3 fully saturated rings. The van der Waals surface area contributed by atoms with Crippen LogP contribution in [0.25, 0.3) is 0 Å². The number of rotatable bonds is 4. The van der Waals surface area contributed by atoms with Gasteiger partial charge in [0.2, 0.25) is 5.91 Å². The van der Waals surface area contributed by atoms with Gasteiger partial charge in [-0.15, -0.1) is 0 Å². The number of carbonyl (C=O) groups excluding carboxylic acids is 2. The van der Waals surface area contributed by atoms with E-state index in [0.29, 0.717) is 30.7 Å². The summed E-state index contributed by atoms with van der Waals surface area (Å²) in [6, 6.07) is 15.1. The molecule has 31 heavy (non-hydrogen) atoms. The van der Waals surface area contributed by atoms with E-state index in [2.05, 4.69) is 17.6 Å². The van der Waals surface area contributed by atoms with Gasteiger partial charge >= 0.3 is 0 Å². The number of para-hydroxylation sites is 1. The Morgan fingerprint density at radius 3 is 2.90 bits per heavy atom. The second-order valence-corrected chi connectivity index (χ2v) is 9.37. The van der Waals surface area contributed by atoms with Crippen LogP contribution in [0.4, 0.5) is 0 Å². The van der Waals surface area contributed by atoms with E-state index in [-0.39, 0.29) is 29.1 Å². The molecule has 2 bridgehead atoms. The van der Waals surface area contributed by atoms with Crippen LogP contribution in [0.15, 0.2) is 48.5 Å². The Labute approximate surface area is 182 Å². The van der Waals surface area contributed by atoms with Crippen LogP contribution < -0.4 is 20.1 Å². The molecule has 1 heterocycles. The maximum Gasteiger partial charge on any atom is 0.258 e. The van der Waals surface area contributed by atoms with Gasteiger partial charge in [0.15, 0.2) is 5.72 Å². The monoisotopic (exact) mass is 420 g/mol. The van der Waals surface area contributed by atoms with Gasteiger partial charge in [0.1, 0.15) is 11.5 Å². The number of nitrogens with one attached hydrogen (secondary N) is 2. The lowest BCUT2D eigenvalue weighted by Gasteiger charge is -2.59. The van der Waals surface area contributed by atoms with Crippen molar-refractivity contribution in [2.75, 3.05) is 7.11 Å². The zero-order chi connectivity index (χ0) is 21.6. The van der Waals surface area contributed by atoms with Crippen LogP contribution in [0.5, 0.6) is 11.5 Å². The molecule has 3 saturated carbocycles. The van der Waals surface area contributed by atoms with Crippen molar-refractivity contribution in [2.45, 2.75) is 44.9 Å². The highest BCUT2D eigenvalue weighted by Crippen LogP contribution is 2.58. The van der Waals surface area contributed by atoms with Gasteiger partial charge in [-0.3, -0.25) is 9.59 Å². The van der Waals surface area contributed by atoms with E-state index in [1.165, 1.54) is 0 Å². The molecule has 2 aromatic rings. The molecule has 1 aliphatic heterocycles. The van der Waals surface area contributed by atoms with Crippen LogP contribution in [0.1, 0.15) is 48.5 Å². The van der Waals surface area contributed by atoms with Crippen molar-refractivity contribution in [2.24, 2.45) is 17.3 Å². The number of hydrogen-bond acceptors (Lipinski definition) is 4. The second kappa shape index (κ2) is 7.29. The van der Waals surface area contributed by atoms with Crippen molar-refractivity contribution >= 4 is 11.8 Å². The van der Waals surface area contributed by atoms with Crippen molar-refractivity contribution in [3.63, 3.8) is 0 Å². The predicted molar refractivity (Wildman–Crippen MR) is 116 cm³/mol. The van der Waals surface area contributed by atoms with E-state index in [1.807, 2.05) is 42.5 Å². The average molecular weight is 421 g/mol. The molecular formula is C25H28N2O4. The Hall–Kier alpha value is -3.02. The molecule has 2 aromatic carbocycles. The Morgan fingerprint density at radius 1 is 1.26 bits per heavy atom. The molecule has 4 aliphatic rings. The van der Waals surface area contributed by atoms with Crippen molar-refractivity contribution in [3.8, 4) is 11.5 Å². The zero-order valence-electron chi connectivity index (χ0n) is 17.9. The summed E-state index contributed by atoms with van der Waals surface area (Å²) in [5.41, 5.74) is 0.636. The first-order valence-electron chi connectivity index (χ1n) is 10.9. The number of methoxy groups -OCH3 is 1. The van der Waals surface area contributed by atoms with E-state index in [9.17, 15) is 9.59 Å². The van der Waals surface area contributed by atoms with Crippen molar-refractivity contribution < 1.29 is 19.1 Å². The van der Waals surface area contributed by atoms with Crippen molar-refractivity contribution in [1.29, 1.82) is 0 Å². The maximum atomic E-state index is 13.2. The highest BCUT2D eigenvalue weighted by molar-refractivity contribution is 5.98. The molecule has 0 radical (unpaired) electrons. The largest absolute Gasteiger partial charge is 0.497 e. The molecule has 6 heteroatoms. The molecule has 0 saturated heterocycles. The Morgan fingerprint density at radius 2 is 2.10 bits per heavy atom. The highest BCUT2D eigenvalue weighted by Gasteiger charge is 2.61. The number of ether oxygens (including phenoxy) is 2. The first kappa shape index (κ1) is 19.9. The van der Waals surface area contributed by atoms with Crippen LogP contribution in [-0.2, 0) is 11.3 Å². The minimum atomic E-state index is -0.720. The van der Waals surface area contributed by atoms with Gasteiger partial charge in [0.25, 0.3) is 5.91 Å². The van der Waals surface area contributed by atoms with E-state index < -0.39 is 5.72 Å². The maximum absolute atomic E-state index is 13.2. The molecule has 0 unspecified atom stereocenters. The summed E-state index contributed by atoms with van der Waals surface area (Å²) in [5, 5.41) is 6.29. The fourth-order valence-electron chi connectivity index (χ4n) is 5.75. The van der Waals surface area contributed by atoms with Gasteiger partial charge in [-0.05, 0) is 54.5 Å². The van der Waals surface area contributed by atoms with Crippen LogP contribution in [-0.4, -0.2) is 24.6 Å². The molecular weight excluding hydrogens is 392 g/mol. The first-order valence-corrected chi connectivity index (χ1v) is 10.9. The molecule has 6 nitrogen and oxygen atoms in total. The minimum Gasteiger partial charge on any atom is -0.497 e. The van der Waals surface area contributed by atoms with Crippen molar-refractivity contribution in [1.82, 2.24) is 10.6 Å². The third-order valence-electron chi connectivity index (χ3n) is 7.42. The fourth-order valence-corrected chi connectivity index (χ4v) is 5.75. The number of fused-ring (bicyclic) bond motifs is 3. The van der Waals surface area contributed by atoms with E-state index in [1.54, 1.807) is 13.2 Å². The Bertz CT molecular complexity index is 1040. The van der Waals surface area contributed by atoms with E-state index in [4.69, 9.17) is 9.47 Å². The standard InChI is InChI=1S/C25H28N2O4/c1-24-11-10-17(25(15-24)27-22(28)19-8-3-4-9-21(19)31-25)13-20(24)23(29)26-14-16-6-5-7-18(12-16)30-2/h3-9,12,17,20H,10-11,13-15H2,1-2H3,(H,26,29)(H,27,28)/t17-,20+,24+,25+/m1/s1. The van der Waals surface area contributed by atoms with Gasteiger partial charge in [-0.1, -0.05) is 31.2 Å². The number of hydrogen-bond donors (Lipinski definition) is 2. The van der Waals surface area contributed by atoms with Gasteiger partial charge in [-0.25, -0.2) is 0 Å². The van der Waals surface area contributed by atoms with E-state index in [0.717, 1.165) is 24.2 Å². The number of benzene rings is 2. The van der Waals surface area contributed by atoms with Crippen LogP contribution in [0, 0.1) is 17.3 Å². The summed E-state index contributed by atoms with van der Waals surface area (Å²) in [5.74, 6) is 1.42. The third-order valence-corrected chi connectivity index (χ3v) is 7.42. The Kier molecular flexibility index (Phi) is 4.68. The summed E-state index contributed by atoms with van der Waals surface area (Å²) < 4.78 is 11.7. The number of amides is 2. The lowest BCUT2D eigenvalue weighted by Crippen LogP contribution is -2.69. The average Bonchev–Trinajstić information content (AvgIpc) is 2.77. The molecule has 2 amide bonds. The second-order valence-electron chi connectivity index (χ2n) is 9.37. The van der Waals surface area contributed by atoms with E-state index >= 15 is 0 Å². The van der Waals surface area contributed by atoms with Crippen LogP contribution >= 0.6 is 0 Å². The molecule has 2 N–H and O–H groups in total. The summed E-state index contributed by atoms with van der Waals surface area (Å²) in [6.45, 7) is 2.63. The van der Waals surface area contributed by atoms with Gasteiger partial charge in [0, 0.05) is 24.8 Å². The smallest absolute Gasteiger partial charge is 0.258 e. The fraction of sp³-hybridized carbons (Fsp3) is 0.440. The van der Waals surface area contributed by atoms with Gasteiger partial charge < -0.3 is 20.1 Å². The summed E-state index contributed by atoms with van der Waals surface area (Å²) in [4.78, 5) is 26.0. The predicted octanol–water partition coefficient (Wildman–Crippen LogP) is 3.66. The highest BCUT2D eigenvalue weighted by atomic mass is 16.5. The number of carbonyl (C=O) groups is 2. The summed E-state index contributed by atoms with van der Waals surface area (Å²) in [6.07, 6.45) is 3.25. The van der Waals surface area contributed by atoms with Gasteiger partial charge in [-0.2, -0.15) is 0 Å². The lowest BCUT2D eigenvalue weighted by molar-refractivity contribution is -0.167. The quantitative estimate of drug-likeness (QED) is 0.792. The van der Waals surface area contributed by atoms with Gasteiger partial charge in [0.05, 0.1) is 12.7 Å². The topological polar surface area (TPSA) is 76.7 Å². The van der Waals surface area contributed by atoms with Crippen LogP contribution in [0.3, 0.4) is 0 Å². The van der Waals surface area contributed by atoms with Crippen molar-refractivity contribution in [3.05, 3.63) is 59.7 Å². The molecule has 4 atom stereocenters. The molecule has 0 aromatic heterocycles. The summed E-state index contributed by atoms with van der Waals surface area (Å²) in [7, 11) is 1.64. The molecule has 162 valence electrons. The Balaban J connectivity index is 1.32. The SMILES string of the molecule is COc1cccc(CNC(=O)[C@@H]2C[C@H]3CC[C@@]2(C)C[C@@]32NC(=O)c3ccccc3O2)c1. The molecule has 1 spiro atoms. The molecule has 3 aliphatic carbocycles.